The van der Waals surface area contributed by atoms with Gasteiger partial charge in [-0.25, -0.2) is 0 Å². The number of nitrogens with zero attached hydrogens (tertiary/aromatic N) is 1. The molecule has 0 radical (unpaired) electrons. The first kappa shape index (κ1) is 9.33. The summed E-state index contributed by atoms with van der Waals surface area (Å²) in [7, 11) is 0. The Labute approximate surface area is 81.7 Å². The summed E-state index contributed by atoms with van der Waals surface area (Å²) < 4.78 is 36.8. The number of halogens is 4. The minimum Gasteiger partial charge on any atom is -0.266 e. The highest BCUT2D eigenvalue weighted by Gasteiger charge is 2.30. The standard InChI is InChI=1S/C8H4ClF3N2/c9-7-5-3-4(8(10,11)12)1-2-6(5)13-14-7/h1-3H,(H,13,14). The van der Waals surface area contributed by atoms with Crippen LogP contribution in [0.1, 0.15) is 5.56 Å². The van der Waals surface area contributed by atoms with Crippen LogP contribution in [-0.4, -0.2) is 10.2 Å². The van der Waals surface area contributed by atoms with Crippen LogP contribution in [0.25, 0.3) is 10.9 Å². The smallest absolute Gasteiger partial charge is 0.266 e. The van der Waals surface area contributed by atoms with Gasteiger partial charge < -0.3 is 0 Å². The Morgan fingerprint density at radius 2 is 2.00 bits per heavy atom. The van der Waals surface area contributed by atoms with Crippen LogP contribution in [0.5, 0.6) is 0 Å². The van der Waals surface area contributed by atoms with Gasteiger partial charge in [0.15, 0.2) is 0 Å². The number of H-pyrrole nitrogens is 1. The molecule has 0 saturated heterocycles. The van der Waals surface area contributed by atoms with Crippen molar-refractivity contribution in [3.8, 4) is 0 Å². The van der Waals surface area contributed by atoms with Crippen molar-refractivity contribution >= 4 is 22.5 Å². The zero-order chi connectivity index (χ0) is 10.3. The van der Waals surface area contributed by atoms with Crippen LogP contribution in [0.15, 0.2) is 18.2 Å². The van der Waals surface area contributed by atoms with E-state index in [0.29, 0.717) is 5.52 Å². The SMILES string of the molecule is FC(F)(F)c1ccc2n[nH]c(Cl)c2c1. The van der Waals surface area contributed by atoms with E-state index in [4.69, 9.17) is 11.6 Å². The van der Waals surface area contributed by atoms with E-state index in [1.165, 1.54) is 6.07 Å². The quantitative estimate of drug-likeness (QED) is 0.726. The van der Waals surface area contributed by atoms with E-state index in [9.17, 15) is 13.2 Å². The number of fused-ring (bicyclic) bond motifs is 1. The third kappa shape index (κ3) is 1.43. The topological polar surface area (TPSA) is 28.7 Å². The van der Waals surface area contributed by atoms with Crippen molar-refractivity contribution in [2.75, 3.05) is 0 Å². The highest BCUT2D eigenvalue weighted by molar-refractivity contribution is 6.34. The van der Waals surface area contributed by atoms with E-state index in [0.717, 1.165) is 12.1 Å². The van der Waals surface area contributed by atoms with Gasteiger partial charge in [-0.05, 0) is 18.2 Å². The number of rotatable bonds is 0. The fraction of sp³-hybridized carbons (Fsp3) is 0.125. The van der Waals surface area contributed by atoms with Gasteiger partial charge in [-0.15, -0.1) is 0 Å². The number of aromatic amines is 1. The van der Waals surface area contributed by atoms with Crippen molar-refractivity contribution in [3.63, 3.8) is 0 Å². The molecule has 0 bridgehead atoms. The summed E-state index contributed by atoms with van der Waals surface area (Å²) in [6.45, 7) is 0. The van der Waals surface area contributed by atoms with E-state index >= 15 is 0 Å². The van der Waals surface area contributed by atoms with E-state index in [-0.39, 0.29) is 10.5 Å². The van der Waals surface area contributed by atoms with Crippen LogP contribution in [0.2, 0.25) is 5.15 Å². The number of benzene rings is 1. The summed E-state index contributed by atoms with van der Waals surface area (Å²) in [5, 5.41) is 6.52. The fourth-order valence-electron chi connectivity index (χ4n) is 1.16. The van der Waals surface area contributed by atoms with Crippen LogP contribution in [0.4, 0.5) is 13.2 Å². The number of alkyl halides is 3. The molecule has 2 nitrogen and oxygen atoms in total. The predicted molar refractivity (Wildman–Crippen MR) is 46.1 cm³/mol. The van der Waals surface area contributed by atoms with Crippen molar-refractivity contribution in [2.45, 2.75) is 6.18 Å². The molecular formula is C8H4ClF3N2. The molecule has 1 aromatic heterocycles. The molecule has 0 saturated carbocycles. The molecule has 0 aliphatic carbocycles. The van der Waals surface area contributed by atoms with E-state index in [1.54, 1.807) is 0 Å². The van der Waals surface area contributed by atoms with Gasteiger partial charge in [-0.1, -0.05) is 11.6 Å². The van der Waals surface area contributed by atoms with Gasteiger partial charge in [0.2, 0.25) is 0 Å². The predicted octanol–water partition coefficient (Wildman–Crippen LogP) is 3.24. The Morgan fingerprint density at radius 1 is 1.29 bits per heavy atom. The monoisotopic (exact) mass is 220 g/mol. The van der Waals surface area contributed by atoms with Gasteiger partial charge >= 0.3 is 6.18 Å². The van der Waals surface area contributed by atoms with Crippen LogP contribution < -0.4 is 0 Å². The Kier molecular flexibility index (Phi) is 1.92. The Balaban J connectivity index is 2.66. The fourth-order valence-corrected chi connectivity index (χ4v) is 1.35. The summed E-state index contributed by atoms with van der Waals surface area (Å²) in [6.07, 6.45) is -4.35. The van der Waals surface area contributed by atoms with Gasteiger partial charge in [0.1, 0.15) is 5.15 Å². The molecule has 1 N–H and O–H groups in total. The summed E-state index contributed by atoms with van der Waals surface area (Å²) in [5.74, 6) is 0. The lowest BCUT2D eigenvalue weighted by Crippen LogP contribution is -2.03. The molecule has 0 unspecified atom stereocenters. The summed E-state index contributed by atoms with van der Waals surface area (Å²) >= 11 is 5.61. The van der Waals surface area contributed by atoms with Gasteiger partial charge in [0.25, 0.3) is 0 Å². The van der Waals surface area contributed by atoms with E-state index in [1.807, 2.05) is 0 Å². The Hall–Kier alpha value is -1.23. The Bertz CT molecular complexity index is 475. The second kappa shape index (κ2) is 2.88. The first-order valence-electron chi connectivity index (χ1n) is 3.69. The second-order valence-corrected chi connectivity index (χ2v) is 3.15. The van der Waals surface area contributed by atoms with Gasteiger partial charge in [0, 0.05) is 5.39 Å². The van der Waals surface area contributed by atoms with Crippen molar-refractivity contribution in [1.29, 1.82) is 0 Å². The summed E-state index contributed by atoms with van der Waals surface area (Å²) in [6, 6.07) is 3.22. The van der Waals surface area contributed by atoms with Crippen molar-refractivity contribution in [1.82, 2.24) is 10.2 Å². The minimum atomic E-state index is -4.35. The summed E-state index contributed by atoms with van der Waals surface area (Å²) in [4.78, 5) is 0. The molecule has 1 aromatic carbocycles. The van der Waals surface area contributed by atoms with Crippen molar-refractivity contribution < 1.29 is 13.2 Å². The number of hydrogen-bond donors (Lipinski definition) is 1. The normalized spacial score (nSPS) is 12.3. The van der Waals surface area contributed by atoms with Crippen LogP contribution in [0, 0.1) is 0 Å². The molecule has 0 spiro atoms. The van der Waals surface area contributed by atoms with Gasteiger partial charge in [0.05, 0.1) is 11.1 Å². The molecular weight excluding hydrogens is 217 g/mol. The first-order valence-corrected chi connectivity index (χ1v) is 4.07. The molecule has 1 heterocycles. The number of hydrogen-bond acceptors (Lipinski definition) is 1. The molecule has 74 valence electrons. The van der Waals surface area contributed by atoms with Crippen LogP contribution in [-0.2, 0) is 6.18 Å². The third-order valence-electron chi connectivity index (χ3n) is 1.83. The zero-order valence-corrected chi connectivity index (χ0v) is 7.45. The molecule has 2 aromatic rings. The van der Waals surface area contributed by atoms with Crippen LogP contribution in [0.3, 0.4) is 0 Å². The van der Waals surface area contributed by atoms with E-state index in [2.05, 4.69) is 10.2 Å². The van der Waals surface area contributed by atoms with Gasteiger partial charge in [-0.3, -0.25) is 5.10 Å². The third-order valence-corrected chi connectivity index (χ3v) is 2.12. The summed E-state index contributed by atoms with van der Waals surface area (Å²) in [5.41, 5.74) is -0.309. The Morgan fingerprint density at radius 3 is 2.64 bits per heavy atom. The highest BCUT2D eigenvalue weighted by Crippen LogP contribution is 2.32. The average Bonchev–Trinajstić information content (AvgIpc) is 2.46. The molecule has 2 rings (SSSR count). The lowest BCUT2D eigenvalue weighted by molar-refractivity contribution is -0.137. The second-order valence-electron chi connectivity index (χ2n) is 2.77. The average molecular weight is 221 g/mol. The zero-order valence-electron chi connectivity index (χ0n) is 6.69. The lowest BCUT2D eigenvalue weighted by Gasteiger charge is -2.05. The van der Waals surface area contributed by atoms with Gasteiger partial charge in [-0.2, -0.15) is 18.3 Å². The molecule has 0 aliphatic heterocycles. The van der Waals surface area contributed by atoms with Crippen LogP contribution >= 0.6 is 11.6 Å². The van der Waals surface area contributed by atoms with Crippen molar-refractivity contribution in [3.05, 3.63) is 28.9 Å². The largest absolute Gasteiger partial charge is 0.416 e. The number of aromatic nitrogens is 2. The molecule has 0 fully saturated rings. The first-order chi connectivity index (χ1) is 6.48. The molecule has 14 heavy (non-hydrogen) atoms. The van der Waals surface area contributed by atoms with E-state index < -0.39 is 11.7 Å². The minimum absolute atomic E-state index is 0.117. The maximum absolute atomic E-state index is 12.3. The molecule has 0 atom stereocenters. The lowest BCUT2D eigenvalue weighted by atomic mass is 10.1. The maximum atomic E-state index is 12.3. The van der Waals surface area contributed by atoms with Crippen molar-refractivity contribution in [2.24, 2.45) is 0 Å². The number of nitrogens with one attached hydrogen (secondary N) is 1. The molecule has 0 aliphatic rings. The highest BCUT2D eigenvalue weighted by atomic mass is 35.5. The molecule has 6 heteroatoms. The maximum Gasteiger partial charge on any atom is 0.416 e. The molecule has 0 amide bonds.